The minimum absolute atomic E-state index is 0.0591. The van der Waals surface area contributed by atoms with E-state index in [0.717, 1.165) is 55.2 Å². The van der Waals surface area contributed by atoms with E-state index in [0.29, 0.717) is 47.2 Å². The lowest BCUT2D eigenvalue weighted by Crippen LogP contribution is -2.23. The van der Waals surface area contributed by atoms with Crippen LogP contribution in [0.5, 0.6) is 0 Å². The van der Waals surface area contributed by atoms with Gasteiger partial charge in [0.25, 0.3) is 0 Å². The number of halogens is 3. The molecule has 0 spiro atoms. The highest BCUT2D eigenvalue weighted by Gasteiger charge is 2.32. The predicted octanol–water partition coefficient (Wildman–Crippen LogP) is 9.76. The lowest BCUT2D eigenvalue weighted by atomic mass is 9.90. The Morgan fingerprint density at radius 3 is 2.74 bits per heavy atom. The number of pyridine rings is 1. The molecular formula is C38H39F3N4O. The summed E-state index contributed by atoms with van der Waals surface area (Å²) in [6.45, 7) is 7.32. The third-order valence-electron chi connectivity index (χ3n) is 8.14. The van der Waals surface area contributed by atoms with E-state index in [-0.39, 0.29) is 12.5 Å². The number of aromatic nitrogens is 3. The lowest BCUT2D eigenvalue weighted by molar-refractivity contribution is -0.0912. The quantitative estimate of drug-likeness (QED) is 0.180. The van der Waals surface area contributed by atoms with Gasteiger partial charge in [0.1, 0.15) is 5.82 Å². The molecular weight excluding hydrogens is 585 g/mol. The highest BCUT2D eigenvalue weighted by atomic mass is 19.4. The molecule has 1 aliphatic heterocycles. The molecule has 8 heteroatoms. The highest BCUT2D eigenvalue weighted by molar-refractivity contribution is 5.81. The van der Waals surface area contributed by atoms with E-state index in [1.807, 2.05) is 54.6 Å². The number of hydrogen-bond donors (Lipinski definition) is 1. The van der Waals surface area contributed by atoms with E-state index >= 15 is 0 Å². The van der Waals surface area contributed by atoms with Crippen LogP contribution in [0.1, 0.15) is 63.6 Å². The Morgan fingerprint density at radius 1 is 1.24 bits per heavy atom. The molecule has 5 nitrogen and oxygen atoms in total. The summed E-state index contributed by atoms with van der Waals surface area (Å²) in [6.07, 6.45) is 16.5. The fraction of sp³-hybridized carbons (Fsp3) is 0.316. The van der Waals surface area contributed by atoms with Gasteiger partial charge < -0.3 is 10.1 Å². The van der Waals surface area contributed by atoms with Crippen LogP contribution in [0, 0.1) is 18.3 Å². The van der Waals surface area contributed by atoms with Gasteiger partial charge in [-0.05, 0) is 68.7 Å². The minimum atomic E-state index is -4.51. The normalized spacial score (nSPS) is 19.0. The van der Waals surface area contributed by atoms with Gasteiger partial charge >= 0.3 is 6.18 Å². The van der Waals surface area contributed by atoms with Gasteiger partial charge in [-0.3, -0.25) is 0 Å². The van der Waals surface area contributed by atoms with E-state index < -0.39 is 11.7 Å². The van der Waals surface area contributed by atoms with Crippen molar-refractivity contribution in [3.63, 3.8) is 0 Å². The second kappa shape index (κ2) is 14.6. The molecule has 1 fully saturated rings. The number of terminal acetylenes is 1. The van der Waals surface area contributed by atoms with Crippen LogP contribution in [0.4, 0.5) is 19.0 Å². The van der Waals surface area contributed by atoms with Crippen molar-refractivity contribution in [1.29, 1.82) is 0 Å². The molecule has 5 rings (SSSR count). The van der Waals surface area contributed by atoms with Crippen molar-refractivity contribution >= 4 is 11.4 Å². The van der Waals surface area contributed by atoms with Crippen molar-refractivity contribution in [2.75, 3.05) is 5.32 Å². The maximum Gasteiger partial charge on any atom is 0.412 e. The zero-order valence-corrected chi connectivity index (χ0v) is 26.3. The third kappa shape index (κ3) is 8.08. The van der Waals surface area contributed by atoms with Crippen LogP contribution in [0.15, 0.2) is 103 Å². The van der Waals surface area contributed by atoms with Gasteiger partial charge in [-0.15, -0.1) is 12.3 Å². The first kappa shape index (κ1) is 32.6. The number of benzene rings is 1. The van der Waals surface area contributed by atoms with Gasteiger partial charge in [0.2, 0.25) is 0 Å². The monoisotopic (exact) mass is 624 g/mol. The molecule has 238 valence electrons. The number of nitrogens with zero attached hydrogens (tertiary/aromatic N) is 3. The van der Waals surface area contributed by atoms with Gasteiger partial charge in [0.05, 0.1) is 28.9 Å². The number of hydrogen-bond acceptors (Lipinski definition) is 4. The molecule has 2 aliphatic rings. The van der Waals surface area contributed by atoms with Crippen molar-refractivity contribution in [1.82, 2.24) is 14.8 Å². The summed E-state index contributed by atoms with van der Waals surface area (Å²) in [5.41, 5.74) is 4.23. The molecule has 1 aromatic carbocycles. The molecule has 1 aliphatic carbocycles. The molecule has 46 heavy (non-hydrogen) atoms. The highest BCUT2D eigenvalue weighted by Crippen LogP contribution is 2.38. The number of nitrogens with one attached hydrogen (secondary N) is 1. The molecule has 3 heterocycles. The maximum atomic E-state index is 14.0. The number of rotatable bonds is 10. The summed E-state index contributed by atoms with van der Waals surface area (Å²) in [5.74, 6) is 4.38. The molecule has 0 saturated carbocycles. The van der Waals surface area contributed by atoms with Crippen LogP contribution in [0.2, 0.25) is 0 Å². The topological polar surface area (TPSA) is 52.0 Å². The Balaban J connectivity index is 1.70. The van der Waals surface area contributed by atoms with Crippen LogP contribution in [-0.2, 0) is 11.2 Å². The van der Waals surface area contributed by atoms with Gasteiger partial charge in [-0.1, -0.05) is 62.1 Å². The summed E-state index contributed by atoms with van der Waals surface area (Å²) < 4.78 is 49.8. The summed E-state index contributed by atoms with van der Waals surface area (Å²) in [7, 11) is 0. The lowest BCUT2D eigenvalue weighted by Gasteiger charge is -2.30. The Hall–Kier alpha value is -4.77. The first-order chi connectivity index (χ1) is 22.1. The van der Waals surface area contributed by atoms with Crippen molar-refractivity contribution < 1.29 is 17.9 Å². The first-order valence-corrected chi connectivity index (χ1v) is 15.6. The van der Waals surface area contributed by atoms with Gasteiger partial charge in [0, 0.05) is 47.5 Å². The largest absolute Gasteiger partial charge is 0.495 e. The summed E-state index contributed by atoms with van der Waals surface area (Å²) in [4.78, 5) is 4.52. The molecule has 3 aromatic rings. The minimum Gasteiger partial charge on any atom is -0.495 e. The van der Waals surface area contributed by atoms with Crippen LogP contribution < -0.4 is 5.32 Å². The maximum absolute atomic E-state index is 14.0. The SMILES string of the molecule is C#CC/C=C(\C=C(/C)C(F)(F)F)c1c(CCC2CC(C)CC(=C)O2)c(-c2ccccc2)nn1-c1ccnc(NC2=CC=CCC2)c1. The predicted molar refractivity (Wildman–Crippen MR) is 179 cm³/mol. The van der Waals surface area contributed by atoms with Gasteiger partial charge in [0.15, 0.2) is 0 Å². The smallest absolute Gasteiger partial charge is 0.412 e. The van der Waals surface area contributed by atoms with Crippen LogP contribution in [0.25, 0.3) is 22.5 Å². The number of alkyl halides is 3. The molecule has 0 amide bonds. The standard InChI is InChI=1S/C38H39F3N4O/c1-5-6-13-30(24-27(3)38(39,40)41)37-34(19-18-33-23-26(2)22-28(4)46-33)36(29-14-9-7-10-15-29)44-45(37)32-20-21-42-35(25-32)43-31-16-11-8-12-17-31/h1,7-11,13-16,20-21,24-26,33H,4,6,12,17-19,22-23H2,2-3H3,(H,42,43)/b27-24+,30-13+. The van der Waals surface area contributed by atoms with E-state index in [2.05, 4.69) is 35.8 Å². The molecule has 1 N–H and O–H groups in total. The molecule has 2 atom stereocenters. The average Bonchev–Trinajstić information content (AvgIpc) is 3.41. The Labute approximate surface area is 269 Å². The number of anilines is 1. The van der Waals surface area contributed by atoms with Crippen molar-refractivity contribution in [3.8, 4) is 29.3 Å². The molecule has 2 aromatic heterocycles. The van der Waals surface area contributed by atoms with Gasteiger partial charge in [-0.2, -0.15) is 18.3 Å². The zero-order chi connectivity index (χ0) is 32.7. The summed E-state index contributed by atoms with van der Waals surface area (Å²) in [6, 6.07) is 13.4. The first-order valence-electron chi connectivity index (χ1n) is 15.6. The molecule has 1 saturated heterocycles. The van der Waals surface area contributed by atoms with E-state index in [1.54, 1.807) is 17.0 Å². The van der Waals surface area contributed by atoms with Crippen molar-refractivity contribution in [3.05, 3.63) is 114 Å². The van der Waals surface area contributed by atoms with Gasteiger partial charge in [-0.25, -0.2) is 9.67 Å². The Morgan fingerprint density at radius 2 is 2.04 bits per heavy atom. The fourth-order valence-corrected chi connectivity index (χ4v) is 5.93. The molecule has 2 unspecified atom stereocenters. The van der Waals surface area contributed by atoms with Crippen LogP contribution in [0.3, 0.4) is 0 Å². The summed E-state index contributed by atoms with van der Waals surface area (Å²) >= 11 is 0. The average molecular weight is 625 g/mol. The molecule has 0 bridgehead atoms. The van der Waals surface area contributed by atoms with Crippen molar-refractivity contribution in [2.24, 2.45) is 5.92 Å². The molecule has 0 radical (unpaired) electrons. The number of allylic oxidation sites excluding steroid dienone is 9. The summed E-state index contributed by atoms with van der Waals surface area (Å²) in [5, 5.41) is 8.49. The number of ether oxygens (including phenoxy) is 1. The third-order valence-corrected chi connectivity index (χ3v) is 8.14. The zero-order valence-electron chi connectivity index (χ0n) is 26.3. The van der Waals surface area contributed by atoms with E-state index in [4.69, 9.17) is 16.3 Å². The van der Waals surface area contributed by atoms with Crippen LogP contribution in [-0.4, -0.2) is 27.0 Å². The second-order valence-corrected chi connectivity index (χ2v) is 11.9. The van der Waals surface area contributed by atoms with Crippen molar-refractivity contribution in [2.45, 2.75) is 71.1 Å². The van der Waals surface area contributed by atoms with Crippen LogP contribution >= 0.6 is 0 Å². The second-order valence-electron chi connectivity index (χ2n) is 11.9. The van der Waals surface area contributed by atoms with E-state index in [9.17, 15) is 13.2 Å². The van der Waals surface area contributed by atoms with E-state index in [1.165, 1.54) is 6.08 Å². The fourth-order valence-electron chi connectivity index (χ4n) is 5.93. The Bertz CT molecular complexity index is 1720. The Kier molecular flexibility index (Phi) is 10.3.